The van der Waals surface area contributed by atoms with E-state index in [1.165, 1.54) is 11.3 Å². The van der Waals surface area contributed by atoms with Crippen molar-refractivity contribution in [2.75, 3.05) is 13.6 Å². The van der Waals surface area contributed by atoms with Crippen molar-refractivity contribution in [3.8, 4) is 0 Å². The van der Waals surface area contributed by atoms with Crippen LogP contribution in [-0.4, -0.2) is 24.4 Å². The molecule has 0 atom stereocenters. The SMILES string of the molecule is C=C(C)CN(C)C(=O)c1cc(Br)c(Br)s1. The molecule has 0 N–H and O–H groups in total. The van der Waals surface area contributed by atoms with Crippen LogP contribution >= 0.6 is 43.2 Å². The van der Waals surface area contributed by atoms with E-state index in [0.29, 0.717) is 6.54 Å². The molecule has 0 saturated heterocycles. The van der Waals surface area contributed by atoms with Crippen molar-refractivity contribution >= 4 is 49.1 Å². The van der Waals surface area contributed by atoms with Gasteiger partial charge in [-0.05, 0) is 44.8 Å². The Morgan fingerprint density at radius 1 is 1.60 bits per heavy atom. The Balaban J connectivity index is 2.80. The molecular weight excluding hydrogens is 342 g/mol. The van der Waals surface area contributed by atoms with Crippen LogP contribution < -0.4 is 0 Å². The minimum absolute atomic E-state index is 0.0226. The van der Waals surface area contributed by atoms with Crippen LogP contribution in [0.15, 0.2) is 26.5 Å². The van der Waals surface area contributed by atoms with E-state index in [1.807, 2.05) is 13.0 Å². The molecule has 1 heterocycles. The van der Waals surface area contributed by atoms with Gasteiger partial charge in [-0.15, -0.1) is 11.3 Å². The van der Waals surface area contributed by atoms with E-state index in [4.69, 9.17) is 0 Å². The Morgan fingerprint density at radius 3 is 2.60 bits per heavy atom. The topological polar surface area (TPSA) is 20.3 Å². The quantitative estimate of drug-likeness (QED) is 0.755. The van der Waals surface area contributed by atoms with Gasteiger partial charge in [-0.1, -0.05) is 12.2 Å². The van der Waals surface area contributed by atoms with Gasteiger partial charge in [-0.2, -0.15) is 0 Å². The van der Waals surface area contributed by atoms with Gasteiger partial charge in [0.25, 0.3) is 5.91 Å². The van der Waals surface area contributed by atoms with Crippen molar-refractivity contribution in [3.63, 3.8) is 0 Å². The highest BCUT2D eigenvalue weighted by atomic mass is 79.9. The van der Waals surface area contributed by atoms with Crippen LogP contribution in [-0.2, 0) is 0 Å². The highest BCUT2D eigenvalue weighted by Gasteiger charge is 2.15. The Hall–Kier alpha value is -0.130. The third-order valence-corrected chi connectivity index (χ3v) is 4.95. The summed E-state index contributed by atoms with van der Waals surface area (Å²) in [5.41, 5.74) is 0.973. The number of halogens is 2. The van der Waals surface area contributed by atoms with Crippen LogP contribution in [0.5, 0.6) is 0 Å². The highest BCUT2D eigenvalue weighted by molar-refractivity contribution is 9.13. The number of amides is 1. The minimum Gasteiger partial charge on any atom is -0.337 e. The zero-order valence-electron chi connectivity index (χ0n) is 8.51. The summed E-state index contributed by atoms with van der Waals surface area (Å²) in [5, 5.41) is 0. The minimum atomic E-state index is 0.0226. The van der Waals surface area contributed by atoms with Crippen molar-refractivity contribution in [1.29, 1.82) is 0 Å². The summed E-state index contributed by atoms with van der Waals surface area (Å²) in [6, 6.07) is 1.83. The second-order valence-electron chi connectivity index (χ2n) is 3.35. The van der Waals surface area contributed by atoms with Crippen LogP contribution in [0.3, 0.4) is 0 Å². The molecule has 5 heteroatoms. The Labute approximate surface area is 110 Å². The molecule has 15 heavy (non-hydrogen) atoms. The van der Waals surface area contributed by atoms with E-state index < -0.39 is 0 Å². The first kappa shape index (κ1) is 12.9. The van der Waals surface area contributed by atoms with Crippen molar-refractivity contribution in [2.24, 2.45) is 0 Å². The maximum atomic E-state index is 11.9. The molecule has 0 bridgehead atoms. The molecular formula is C10H11Br2NOS. The Kier molecular flexibility index (Phi) is 4.55. The second-order valence-corrected chi connectivity index (χ2v) is 6.58. The number of hydrogen-bond acceptors (Lipinski definition) is 2. The predicted molar refractivity (Wildman–Crippen MR) is 71.5 cm³/mol. The van der Waals surface area contributed by atoms with Crippen molar-refractivity contribution in [3.05, 3.63) is 31.4 Å². The number of carbonyl (C=O) groups is 1. The molecule has 0 spiro atoms. The smallest absolute Gasteiger partial charge is 0.264 e. The molecule has 1 rings (SSSR count). The fourth-order valence-electron chi connectivity index (χ4n) is 1.12. The van der Waals surface area contributed by atoms with Crippen molar-refractivity contribution in [1.82, 2.24) is 4.90 Å². The fraction of sp³-hybridized carbons (Fsp3) is 0.300. The molecule has 0 fully saturated rings. The molecule has 0 aliphatic heterocycles. The zero-order valence-corrected chi connectivity index (χ0v) is 12.5. The number of thiophene rings is 1. The third kappa shape index (κ3) is 3.43. The van der Waals surface area contributed by atoms with Gasteiger partial charge < -0.3 is 4.90 Å². The second kappa shape index (κ2) is 5.27. The molecule has 2 nitrogen and oxygen atoms in total. The summed E-state index contributed by atoms with van der Waals surface area (Å²) in [6.45, 7) is 6.28. The van der Waals surface area contributed by atoms with Gasteiger partial charge >= 0.3 is 0 Å². The van der Waals surface area contributed by atoms with Gasteiger partial charge in [0.05, 0.1) is 8.66 Å². The molecule has 0 aromatic carbocycles. The lowest BCUT2D eigenvalue weighted by Crippen LogP contribution is -2.27. The van der Waals surface area contributed by atoms with Gasteiger partial charge in [0.15, 0.2) is 0 Å². The monoisotopic (exact) mass is 351 g/mol. The standard InChI is InChI=1S/C10H11Br2NOS/c1-6(2)5-13(3)10(14)8-4-7(11)9(12)15-8/h4H,1,5H2,2-3H3. The van der Waals surface area contributed by atoms with Gasteiger partial charge in [0.1, 0.15) is 0 Å². The van der Waals surface area contributed by atoms with Crippen molar-refractivity contribution in [2.45, 2.75) is 6.92 Å². The fourth-order valence-corrected chi connectivity index (χ4v) is 3.15. The maximum absolute atomic E-state index is 11.9. The highest BCUT2D eigenvalue weighted by Crippen LogP contribution is 2.32. The first-order valence-corrected chi connectivity index (χ1v) is 6.66. The number of carbonyl (C=O) groups excluding carboxylic acids is 1. The molecule has 0 radical (unpaired) electrons. The first-order valence-electron chi connectivity index (χ1n) is 4.26. The molecule has 0 aliphatic rings. The maximum Gasteiger partial charge on any atom is 0.264 e. The lowest BCUT2D eigenvalue weighted by atomic mass is 10.3. The number of nitrogens with zero attached hydrogens (tertiary/aromatic N) is 1. The van der Waals surface area contributed by atoms with Crippen LogP contribution in [0.1, 0.15) is 16.6 Å². The summed E-state index contributed by atoms with van der Waals surface area (Å²) in [4.78, 5) is 14.3. The van der Waals surface area contributed by atoms with Crippen LogP contribution in [0.2, 0.25) is 0 Å². The van der Waals surface area contributed by atoms with E-state index in [2.05, 4.69) is 38.4 Å². The first-order chi connectivity index (χ1) is 6.91. The Morgan fingerprint density at radius 2 is 2.20 bits per heavy atom. The lowest BCUT2D eigenvalue weighted by Gasteiger charge is -2.15. The van der Waals surface area contributed by atoms with Gasteiger partial charge in [-0.3, -0.25) is 4.79 Å². The molecule has 82 valence electrons. The van der Waals surface area contributed by atoms with E-state index >= 15 is 0 Å². The molecule has 0 unspecified atom stereocenters. The van der Waals surface area contributed by atoms with Gasteiger partial charge in [0.2, 0.25) is 0 Å². The van der Waals surface area contributed by atoms with Crippen molar-refractivity contribution < 1.29 is 4.79 Å². The average Bonchev–Trinajstić information content (AvgIpc) is 2.44. The molecule has 0 saturated carbocycles. The van der Waals surface area contributed by atoms with E-state index in [0.717, 1.165) is 18.7 Å². The van der Waals surface area contributed by atoms with Crippen LogP contribution in [0.25, 0.3) is 0 Å². The molecule has 1 aromatic rings. The molecule has 1 amide bonds. The number of hydrogen-bond donors (Lipinski definition) is 0. The average molecular weight is 353 g/mol. The van der Waals surface area contributed by atoms with Crippen LogP contribution in [0.4, 0.5) is 0 Å². The van der Waals surface area contributed by atoms with E-state index in [-0.39, 0.29) is 5.91 Å². The summed E-state index contributed by atoms with van der Waals surface area (Å²) < 4.78 is 1.86. The Bertz CT molecular complexity index is 381. The number of likely N-dealkylation sites (N-methyl/N-ethyl adjacent to an activating group) is 1. The number of rotatable bonds is 3. The largest absolute Gasteiger partial charge is 0.337 e. The zero-order chi connectivity index (χ0) is 11.6. The summed E-state index contributed by atoms with van der Waals surface area (Å²) >= 11 is 8.15. The van der Waals surface area contributed by atoms with Crippen LogP contribution in [0, 0.1) is 0 Å². The normalized spacial score (nSPS) is 10.1. The lowest BCUT2D eigenvalue weighted by molar-refractivity contribution is 0.0811. The summed E-state index contributed by atoms with van der Waals surface area (Å²) in [5.74, 6) is 0.0226. The summed E-state index contributed by atoms with van der Waals surface area (Å²) in [6.07, 6.45) is 0. The predicted octanol–water partition coefficient (Wildman–Crippen LogP) is 3.92. The van der Waals surface area contributed by atoms with Gasteiger partial charge in [-0.25, -0.2) is 0 Å². The van der Waals surface area contributed by atoms with E-state index in [9.17, 15) is 4.79 Å². The molecule has 0 aliphatic carbocycles. The molecule has 1 aromatic heterocycles. The van der Waals surface area contributed by atoms with E-state index in [1.54, 1.807) is 11.9 Å². The third-order valence-electron chi connectivity index (χ3n) is 1.71. The summed E-state index contributed by atoms with van der Waals surface area (Å²) in [7, 11) is 1.78. The van der Waals surface area contributed by atoms with Gasteiger partial charge in [0, 0.05) is 18.1 Å².